The molecule has 2 rings (SSSR count). The van der Waals surface area contributed by atoms with Crippen LogP contribution in [0.5, 0.6) is 0 Å². The molecule has 8 nitrogen and oxygen atoms in total. The van der Waals surface area contributed by atoms with Gasteiger partial charge < -0.3 is 15.3 Å². The molecule has 2 aliphatic rings. The predicted molar refractivity (Wildman–Crippen MR) is 97.2 cm³/mol. The number of piperazine rings is 1. The zero-order chi connectivity index (χ0) is 18.7. The van der Waals surface area contributed by atoms with Gasteiger partial charge in [-0.15, -0.1) is 6.58 Å². The summed E-state index contributed by atoms with van der Waals surface area (Å²) in [5, 5.41) is 12.5. The Hall–Kier alpha value is -1.16. The van der Waals surface area contributed by atoms with Gasteiger partial charge in [-0.3, -0.25) is 9.80 Å². The van der Waals surface area contributed by atoms with E-state index in [4.69, 9.17) is 0 Å². The first-order valence-electron chi connectivity index (χ1n) is 8.71. The van der Waals surface area contributed by atoms with Crippen molar-refractivity contribution < 1.29 is 18.3 Å². The van der Waals surface area contributed by atoms with Crippen molar-refractivity contribution in [2.75, 3.05) is 59.1 Å². The van der Waals surface area contributed by atoms with Crippen LogP contribution in [0, 0.1) is 5.92 Å². The van der Waals surface area contributed by atoms with Gasteiger partial charge >= 0.3 is 6.09 Å². The number of rotatable bonds is 6. The van der Waals surface area contributed by atoms with E-state index in [1.165, 1.54) is 11.0 Å². The van der Waals surface area contributed by atoms with Crippen LogP contribution in [0.15, 0.2) is 12.7 Å². The molecule has 2 N–H and O–H groups in total. The van der Waals surface area contributed by atoms with Crippen LogP contribution >= 0.6 is 0 Å². The number of carboxylic acid groups (broad SMARTS) is 1. The molecule has 25 heavy (non-hydrogen) atoms. The Morgan fingerprint density at radius 2 is 2.00 bits per heavy atom. The lowest BCUT2D eigenvalue weighted by Gasteiger charge is -2.54. The zero-order valence-electron chi connectivity index (χ0n) is 15.1. The number of sulfone groups is 1. The lowest BCUT2D eigenvalue weighted by molar-refractivity contribution is -0.0386. The minimum atomic E-state index is -3.54. The van der Waals surface area contributed by atoms with Gasteiger partial charge in [0, 0.05) is 38.6 Å². The average Bonchev–Trinajstić information content (AvgIpc) is 2.56. The highest BCUT2D eigenvalue weighted by molar-refractivity contribution is 7.92. The summed E-state index contributed by atoms with van der Waals surface area (Å²) in [7, 11) is 0.0663. The number of amides is 1. The Labute approximate surface area is 150 Å². The first-order valence-corrected chi connectivity index (χ1v) is 10.4. The van der Waals surface area contributed by atoms with Crippen molar-refractivity contribution >= 4 is 15.9 Å². The number of carbonyl (C=O) groups is 1. The fourth-order valence-corrected chi connectivity index (χ4v) is 6.70. The Morgan fingerprint density at radius 3 is 2.44 bits per heavy atom. The van der Waals surface area contributed by atoms with Gasteiger partial charge in [-0.2, -0.15) is 0 Å². The maximum atomic E-state index is 13.4. The van der Waals surface area contributed by atoms with E-state index < -0.39 is 20.9 Å². The average molecular weight is 375 g/mol. The molecule has 0 radical (unpaired) electrons. The van der Waals surface area contributed by atoms with Gasteiger partial charge in [0.25, 0.3) is 0 Å². The maximum absolute atomic E-state index is 13.4. The largest absolute Gasteiger partial charge is 0.465 e. The molecule has 2 saturated heterocycles. The number of nitrogens with one attached hydrogen (secondary N) is 1. The predicted octanol–water partition coefficient (Wildman–Crippen LogP) is 0.0978. The van der Waals surface area contributed by atoms with Gasteiger partial charge in [-0.1, -0.05) is 6.08 Å². The number of piperidine rings is 1. The Balaban J connectivity index is 2.43. The molecule has 2 heterocycles. The molecule has 0 aromatic heterocycles. The van der Waals surface area contributed by atoms with E-state index in [-0.39, 0.29) is 11.7 Å². The molecule has 2 fully saturated rings. The van der Waals surface area contributed by atoms with E-state index in [9.17, 15) is 18.3 Å². The first kappa shape index (κ1) is 20.2. The summed E-state index contributed by atoms with van der Waals surface area (Å²) in [6, 6.07) is 0. The quantitative estimate of drug-likeness (QED) is 0.637. The van der Waals surface area contributed by atoms with Crippen molar-refractivity contribution in [1.29, 1.82) is 0 Å². The molecule has 0 spiro atoms. The van der Waals surface area contributed by atoms with Crippen molar-refractivity contribution in [3.8, 4) is 0 Å². The van der Waals surface area contributed by atoms with E-state index >= 15 is 0 Å². The maximum Gasteiger partial charge on any atom is 0.407 e. The molecule has 9 heteroatoms. The molecule has 2 atom stereocenters. The molecule has 2 aliphatic heterocycles. The fourth-order valence-electron chi connectivity index (χ4n) is 4.30. The van der Waals surface area contributed by atoms with Gasteiger partial charge in [0.2, 0.25) is 0 Å². The fraction of sp³-hybridized carbons (Fsp3) is 0.812. The van der Waals surface area contributed by atoms with Gasteiger partial charge in [0.1, 0.15) is 0 Å². The van der Waals surface area contributed by atoms with Crippen LogP contribution in [-0.4, -0.2) is 98.4 Å². The molecule has 0 aromatic rings. The van der Waals surface area contributed by atoms with Crippen molar-refractivity contribution in [2.45, 2.75) is 17.8 Å². The van der Waals surface area contributed by atoms with Crippen molar-refractivity contribution in [2.24, 2.45) is 5.92 Å². The zero-order valence-corrected chi connectivity index (χ0v) is 16.0. The van der Waals surface area contributed by atoms with Crippen LogP contribution in [0.2, 0.25) is 0 Å². The summed E-state index contributed by atoms with van der Waals surface area (Å²) < 4.78 is 26.8. The third-order valence-corrected chi connectivity index (χ3v) is 7.81. The normalized spacial score (nSPS) is 25.6. The molecule has 0 aromatic carbocycles. The van der Waals surface area contributed by atoms with Crippen molar-refractivity contribution in [3.05, 3.63) is 12.7 Å². The molecular weight excluding hydrogens is 344 g/mol. The lowest BCUT2D eigenvalue weighted by Crippen LogP contribution is -2.72. The van der Waals surface area contributed by atoms with Crippen LogP contribution < -0.4 is 5.32 Å². The van der Waals surface area contributed by atoms with Crippen LogP contribution in [-0.2, 0) is 9.84 Å². The van der Waals surface area contributed by atoms with Crippen LogP contribution in [0.3, 0.4) is 0 Å². The smallest absolute Gasteiger partial charge is 0.407 e. The third-order valence-electron chi connectivity index (χ3n) is 5.27. The molecule has 0 aliphatic carbocycles. The van der Waals surface area contributed by atoms with E-state index in [0.29, 0.717) is 32.7 Å². The first-order chi connectivity index (χ1) is 11.8. The van der Waals surface area contributed by atoms with Gasteiger partial charge in [0.05, 0.1) is 5.75 Å². The molecule has 0 bridgehead atoms. The highest BCUT2D eigenvalue weighted by Crippen LogP contribution is 2.38. The summed E-state index contributed by atoms with van der Waals surface area (Å²) in [6.07, 6.45) is 2.24. The van der Waals surface area contributed by atoms with Gasteiger partial charge in [0.15, 0.2) is 14.8 Å². The SMILES string of the molecule is C=CCS(=O)(=O)[C@@](C1CCCNC1)(N(C)C)N1CCN(C(=O)O)CC1. The number of hydrogen-bond acceptors (Lipinski definition) is 6. The molecular formula is C16H30N4O4S. The molecule has 1 unspecified atom stereocenters. The second kappa shape index (κ2) is 8.03. The monoisotopic (exact) mass is 374 g/mol. The molecule has 1 amide bonds. The number of hydrogen-bond donors (Lipinski definition) is 2. The third kappa shape index (κ3) is 3.69. The summed E-state index contributed by atoms with van der Waals surface area (Å²) in [5.41, 5.74) is 0. The van der Waals surface area contributed by atoms with Crippen LogP contribution in [0.25, 0.3) is 0 Å². The van der Waals surface area contributed by atoms with E-state index in [2.05, 4.69) is 11.9 Å². The highest BCUT2D eigenvalue weighted by atomic mass is 32.2. The second-order valence-corrected chi connectivity index (χ2v) is 9.09. The Bertz CT molecular complexity index is 581. The summed E-state index contributed by atoms with van der Waals surface area (Å²) in [6.45, 7) is 6.58. The van der Waals surface area contributed by atoms with Crippen molar-refractivity contribution in [3.63, 3.8) is 0 Å². The van der Waals surface area contributed by atoms with Gasteiger partial charge in [-0.25, -0.2) is 13.2 Å². The van der Waals surface area contributed by atoms with E-state index in [1.54, 1.807) is 19.0 Å². The highest BCUT2D eigenvalue weighted by Gasteiger charge is 2.56. The number of nitrogens with zero attached hydrogens (tertiary/aromatic N) is 3. The lowest BCUT2D eigenvalue weighted by atomic mass is 9.93. The standard InChI is InChI=1S/C16H30N4O4S/c1-4-12-25(23,24)16(18(2)3,14-6-5-7-17-13-14)20-10-8-19(9-11-20)15(21)22/h4,14,17H,1,5-13H2,2-3H3,(H,21,22)/t14?,16-/m0/s1. The summed E-state index contributed by atoms with van der Waals surface area (Å²) in [5.74, 6) is -0.182. The Morgan fingerprint density at radius 1 is 1.36 bits per heavy atom. The van der Waals surface area contributed by atoms with Crippen molar-refractivity contribution in [1.82, 2.24) is 20.0 Å². The minimum Gasteiger partial charge on any atom is -0.465 e. The molecule has 0 saturated carbocycles. The van der Waals surface area contributed by atoms with Crippen LogP contribution in [0.4, 0.5) is 4.79 Å². The Kier molecular flexibility index (Phi) is 6.47. The van der Waals surface area contributed by atoms with Gasteiger partial charge in [-0.05, 0) is 33.5 Å². The van der Waals surface area contributed by atoms with Crippen LogP contribution in [0.1, 0.15) is 12.8 Å². The molecule has 144 valence electrons. The second-order valence-electron chi connectivity index (χ2n) is 6.92. The summed E-state index contributed by atoms with van der Waals surface area (Å²) >= 11 is 0. The topological polar surface area (TPSA) is 93.2 Å². The van der Waals surface area contributed by atoms with E-state index in [0.717, 1.165) is 19.4 Å². The summed E-state index contributed by atoms with van der Waals surface area (Å²) in [4.78, 5) is 15.2. The minimum absolute atomic E-state index is 0.0856. The van der Waals surface area contributed by atoms with E-state index in [1.807, 2.05) is 4.90 Å².